The van der Waals surface area contributed by atoms with E-state index < -0.39 is 0 Å². The zero-order chi connectivity index (χ0) is 27.8. The summed E-state index contributed by atoms with van der Waals surface area (Å²) in [6.45, 7) is 2.62. The van der Waals surface area contributed by atoms with Crippen LogP contribution in [-0.2, 0) is 13.1 Å². The summed E-state index contributed by atoms with van der Waals surface area (Å²) in [6, 6.07) is 20.8. The fourth-order valence-corrected chi connectivity index (χ4v) is 6.68. The lowest BCUT2D eigenvalue weighted by Gasteiger charge is -2.34. The normalized spacial score (nSPS) is 19.0. The topological polar surface area (TPSA) is 68.7 Å². The Kier molecular flexibility index (Phi) is 7.71. The van der Waals surface area contributed by atoms with Crippen molar-refractivity contribution in [3.63, 3.8) is 0 Å². The average Bonchev–Trinajstić information content (AvgIpc) is 3.37. The maximum absolute atomic E-state index is 13.4. The Hall–Kier alpha value is -3.13. The molecule has 204 valence electrons. The van der Waals surface area contributed by atoms with Gasteiger partial charge >= 0.3 is 6.03 Å². The van der Waals surface area contributed by atoms with Crippen LogP contribution in [0.2, 0.25) is 15.1 Å². The van der Waals surface area contributed by atoms with E-state index in [2.05, 4.69) is 33.4 Å². The van der Waals surface area contributed by atoms with Gasteiger partial charge in [-0.25, -0.2) is 4.79 Å². The van der Waals surface area contributed by atoms with Gasteiger partial charge in [0.25, 0.3) is 0 Å². The molecular formula is C31H27Cl3N4O2. The highest BCUT2D eigenvalue weighted by Crippen LogP contribution is 2.47. The molecule has 40 heavy (non-hydrogen) atoms. The first kappa shape index (κ1) is 27.1. The third-order valence-electron chi connectivity index (χ3n) is 7.74. The molecule has 2 aliphatic heterocycles. The van der Waals surface area contributed by atoms with Crippen molar-refractivity contribution in [2.75, 3.05) is 24.6 Å². The summed E-state index contributed by atoms with van der Waals surface area (Å²) in [7, 11) is 0. The van der Waals surface area contributed by atoms with Crippen LogP contribution in [0.5, 0.6) is 0 Å². The monoisotopic (exact) mass is 592 g/mol. The second-order valence-corrected chi connectivity index (χ2v) is 11.4. The summed E-state index contributed by atoms with van der Waals surface area (Å²) in [6.07, 6.45) is 3.64. The predicted molar refractivity (Wildman–Crippen MR) is 161 cm³/mol. The van der Waals surface area contributed by atoms with Crippen molar-refractivity contribution in [3.8, 4) is 11.1 Å². The molecule has 6 rings (SSSR count). The van der Waals surface area contributed by atoms with Gasteiger partial charge in [-0.3, -0.25) is 14.8 Å². The number of nitrogens with one attached hydrogen (secondary N) is 1. The zero-order valence-electron chi connectivity index (χ0n) is 21.5. The first-order valence-corrected chi connectivity index (χ1v) is 14.2. The van der Waals surface area contributed by atoms with Gasteiger partial charge in [0.05, 0.1) is 21.4 Å². The Morgan fingerprint density at radius 2 is 1.70 bits per heavy atom. The number of aliphatic hydroxyl groups excluding tert-OH is 1. The average molecular weight is 594 g/mol. The number of hydrogen-bond acceptors (Lipinski definition) is 4. The van der Waals surface area contributed by atoms with Crippen molar-refractivity contribution in [3.05, 3.63) is 111 Å². The van der Waals surface area contributed by atoms with Gasteiger partial charge in [0.1, 0.15) is 0 Å². The largest absolute Gasteiger partial charge is 0.396 e. The molecule has 2 atom stereocenters. The molecule has 0 saturated carbocycles. The highest BCUT2D eigenvalue weighted by molar-refractivity contribution is 6.40. The molecule has 0 radical (unpaired) electrons. The van der Waals surface area contributed by atoms with Crippen LogP contribution in [0, 0.1) is 5.92 Å². The van der Waals surface area contributed by atoms with Crippen LogP contribution >= 0.6 is 34.8 Å². The third-order valence-corrected chi connectivity index (χ3v) is 8.68. The Morgan fingerprint density at radius 3 is 2.42 bits per heavy atom. The SMILES string of the molecule is O=C1NCc2c(-c3ccccc3Cl)cc(C3CN(Cc4cccnc4)CC3CO)cc2N1c1c(Cl)cccc1Cl. The number of likely N-dealkylation sites (tertiary alicyclic amines) is 1. The van der Waals surface area contributed by atoms with E-state index in [9.17, 15) is 9.90 Å². The number of halogens is 3. The fourth-order valence-electron chi connectivity index (χ4n) is 5.88. The molecular weight excluding hydrogens is 567 g/mol. The Labute approximate surface area is 248 Å². The molecule has 2 unspecified atom stereocenters. The number of amides is 2. The molecule has 0 spiro atoms. The highest BCUT2D eigenvalue weighted by Gasteiger charge is 2.37. The van der Waals surface area contributed by atoms with E-state index in [-0.39, 0.29) is 24.5 Å². The molecule has 3 heterocycles. The number of aromatic nitrogens is 1. The van der Waals surface area contributed by atoms with Crippen LogP contribution in [0.3, 0.4) is 0 Å². The maximum atomic E-state index is 13.4. The molecule has 1 aromatic heterocycles. The lowest BCUT2D eigenvalue weighted by atomic mass is 9.85. The maximum Gasteiger partial charge on any atom is 0.326 e. The van der Waals surface area contributed by atoms with E-state index >= 15 is 0 Å². The van der Waals surface area contributed by atoms with Crippen molar-refractivity contribution < 1.29 is 9.90 Å². The van der Waals surface area contributed by atoms with Crippen molar-refractivity contribution in [2.24, 2.45) is 5.92 Å². The first-order chi connectivity index (χ1) is 19.4. The van der Waals surface area contributed by atoms with E-state index in [1.807, 2.05) is 36.5 Å². The van der Waals surface area contributed by atoms with Crippen LogP contribution < -0.4 is 10.2 Å². The second-order valence-electron chi connectivity index (χ2n) is 10.2. The first-order valence-electron chi connectivity index (χ1n) is 13.1. The number of para-hydroxylation sites is 1. The van der Waals surface area contributed by atoms with Gasteiger partial charge in [0.2, 0.25) is 0 Å². The molecule has 6 nitrogen and oxygen atoms in total. The molecule has 3 aromatic carbocycles. The van der Waals surface area contributed by atoms with Gasteiger partial charge in [-0.05, 0) is 47.0 Å². The van der Waals surface area contributed by atoms with E-state index in [1.54, 1.807) is 29.3 Å². The van der Waals surface area contributed by atoms with Crippen LogP contribution in [0.15, 0.2) is 79.1 Å². The number of rotatable bonds is 6. The molecule has 2 amide bonds. The quantitative estimate of drug-likeness (QED) is 0.247. The molecule has 2 N–H and O–H groups in total. The minimum Gasteiger partial charge on any atom is -0.396 e. The summed E-state index contributed by atoms with van der Waals surface area (Å²) in [5, 5.41) is 14.8. The van der Waals surface area contributed by atoms with Crippen LogP contribution in [0.25, 0.3) is 11.1 Å². The molecule has 0 aliphatic carbocycles. The number of benzene rings is 3. The fraction of sp³-hybridized carbons (Fsp3) is 0.226. The summed E-state index contributed by atoms with van der Waals surface area (Å²) in [5.41, 5.74) is 5.98. The van der Waals surface area contributed by atoms with Crippen molar-refractivity contribution in [1.29, 1.82) is 0 Å². The number of fused-ring (bicyclic) bond motifs is 1. The Morgan fingerprint density at radius 1 is 0.925 bits per heavy atom. The number of aliphatic hydroxyl groups is 1. The summed E-state index contributed by atoms with van der Waals surface area (Å²) in [5.74, 6) is 0.0466. The minimum atomic E-state index is -0.312. The van der Waals surface area contributed by atoms with Crippen molar-refractivity contribution >= 4 is 52.2 Å². The van der Waals surface area contributed by atoms with E-state index in [0.717, 1.165) is 47.5 Å². The number of hydrogen-bond donors (Lipinski definition) is 2. The summed E-state index contributed by atoms with van der Waals surface area (Å²) >= 11 is 19.9. The van der Waals surface area contributed by atoms with E-state index in [4.69, 9.17) is 34.8 Å². The zero-order valence-corrected chi connectivity index (χ0v) is 23.8. The predicted octanol–water partition coefficient (Wildman–Crippen LogP) is 7.28. The van der Waals surface area contributed by atoms with E-state index in [1.165, 1.54) is 0 Å². The summed E-state index contributed by atoms with van der Waals surface area (Å²) < 4.78 is 0. The highest BCUT2D eigenvalue weighted by atomic mass is 35.5. The Bertz CT molecular complexity index is 1550. The van der Waals surface area contributed by atoms with Gasteiger partial charge < -0.3 is 10.4 Å². The smallest absolute Gasteiger partial charge is 0.326 e. The Balaban J connectivity index is 1.50. The van der Waals surface area contributed by atoms with Crippen molar-refractivity contribution in [1.82, 2.24) is 15.2 Å². The molecule has 9 heteroatoms. The third kappa shape index (κ3) is 5.06. The summed E-state index contributed by atoms with van der Waals surface area (Å²) in [4.78, 5) is 21.6. The van der Waals surface area contributed by atoms with E-state index in [0.29, 0.717) is 33.0 Å². The van der Waals surface area contributed by atoms with Gasteiger partial charge in [-0.15, -0.1) is 0 Å². The molecule has 2 aliphatic rings. The van der Waals surface area contributed by atoms with Gasteiger partial charge in [-0.1, -0.05) is 71.2 Å². The van der Waals surface area contributed by atoms with Gasteiger partial charge in [-0.2, -0.15) is 0 Å². The molecule has 1 fully saturated rings. The van der Waals surface area contributed by atoms with Gasteiger partial charge in [0.15, 0.2) is 0 Å². The van der Waals surface area contributed by atoms with Crippen LogP contribution in [0.4, 0.5) is 16.2 Å². The molecule has 4 aromatic rings. The number of urea groups is 1. The molecule has 0 bridgehead atoms. The lowest BCUT2D eigenvalue weighted by molar-refractivity contribution is 0.214. The molecule has 1 saturated heterocycles. The standard InChI is InChI=1S/C31H27Cl3N4O2/c32-26-7-2-1-6-22(26)23-11-20(25-17-37(16-21(25)18-39)15-19-5-4-10-35-13-19)12-29-24(23)14-36-31(40)38(29)30-27(33)8-3-9-28(30)34/h1-13,21,25,39H,14-18H2,(H,36,40). The van der Waals surface area contributed by atoms with Crippen LogP contribution in [-0.4, -0.2) is 40.7 Å². The number of carbonyl (C=O) groups excluding carboxylic acids is 1. The van der Waals surface area contributed by atoms with Crippen molar-refractivity contribution in [2.45, 2.75) is 19.0 Å². The number of pyridine rings is 1. The number of anilines is 2. The number of nitrogens with zero attached hydrogens (tertiary/aromatic N) is 3. The second kappa shape index (κ2) is 11.4. The lowest BCUT2D eigenvalue weighted by Crippen LogP contribution is -2.42. The van der Waals surface area contributed by atoms with Crippen LogP contribution in [0.1, 0.15) is 22.6 Å². The minimum absolute atomic E-state index is 0.0172. The number of carbonyl (C=O) groups is 1. The van der Waals surface area contributed by atoms with Gasteiger partial charge in [0, 0.05) is 73.2 Å².